The van der Waals surface area contributed by atoms with Gasteiger partial charge in [-0.3, -0.25) is 0 Å². The minimum absolute atomic E-state index is 0.740. The minimum atomic E-state index is 0.740. The first-order valence-corrected chi connectivity index (χ1v) is 8.73. The van der Waals surface area contributed by atoms with Gasteiger partial charge in [0.2, 0.25) is 0 Å². The quantitative estimate of drug-likeness (QED) is 0.701. The Morgan fingerprint density at radius 2 is 1.32 bits per heavy atom. The van der Waals surface area contributed by atoms with Crippen molar-refractivity contribution in [3.05, 3.63) is 87.3 Å². The van der Waals surface area contributed by atoms with Crippen LogP contribution in [0.15, 0.2) is 36.4 Å². The van der Waals surface area contributed by atoms with Gasteiger partial charge in [-0.15, -0.1) is 0 Å². The molecule has 0 spiro atoms. The fraction of sp³-hybridized carbons (Fsp3) is 0.318. The Morgan fingerprint density at radius 3 is 2.04 bits per heavy atom. The van der Waals surface area contributed by atoms with E-state index in [1.54, 1.807) is 0 Å². The Bertz CT molecular complexity index is 913. The second kappa shape index (κ2) is 7.14. The van der Waals surface area contributed by atoms with Crippen molar-refractivity contribution in [2.75, 3.05) is 0 Å². The summed E-state index contributed by atoms with van der Waals surface area (Å²) in [6, 6.07) is 13.1. The van der Waals surface area contributed by atoms with Crippen molar-refractivity contribution >= 4 is 0 Å². The van der Waals surface area contributed by atoms with E-state index in [9.17, 15) is 0 Å². The zero-order valence-electron chi connectivity index (χ0n) is 15.7. The van der Waals surface area contributed by atoms with Gasteiger partial charge in [0.1, 0.15) is 17.5 Å². The van der Waals surface area contributed by atoms with Crippen LogP contribution >= 0.6 is 0 Å². The summed E-state index contributed by atoms with van der Waals surface area (Å²) < 4.78 is 0. The highest BCUT2D eigenvalue weighted by Crippen LogP contribution is 2.16. The fourth-order valence-electron chi connectivity index (χ4n) is 3.01. The molecule has 2 aromatic carbocycles. The van der Waals surface area contributed by atoms with E-state index in [-0.39, 0.29) is 0 Å². The Hall–Kier alpha value is -2.55. The molecule has 0 aliphatic rings. The first kappa shape index (κ1) is 17.3. The van der Waals surface area contributed by atoms with Gasteiger partial charge < -0.3 is 0 Å². The summed E-state index contributed by atoms with van der Waals surface area (Å²) in [5.74, 6) is 2.48. The largest absolute Gasteiger partial charge is 0.218 e. The molecule has 0 atom stereocenters. The molecule has 0 saturated heterocycles. The van der Waals surface area contributed by atoms with Crippen LogP contribution in [0.4, 0.5) is 0 Å². The zero-order chi connectivity index (χ0) is 18.0. The molecule has 3 heteroatoms. The van der Waals surface area contributed by atoms with Crippen LogP contribution in [0.2, 0.25) is 0 Å². The summed E-state index contributed by atoms with van der Waals surface area (Å²) in [5, 5.41) is 0. The molecule has 1 aromatic heterocycles. The van der Waals surface area contributed by atoms with Crippen molar-refractivity contribution in [3.8, 4) is 0 Å². The van der Waals surface area contributed by atoms with Crippen LogP contribution in [0.3, 0.4) is 0 Å². The first-order valence-electron chi connectivity index (χ1n) is 8.73. The number of hydrogen-bond donors (Lipinski definition) is 0. The second-order valence-corrected chi connectivity index (χ2v) is 6.92. The summed E-state index contributed by atoms with van der Waals surface area (Å²) in [6.07, 6.45) is 1.49. The molecule has 25 heavy (non-hydrogen) atoms. The Balaban J connectivity index is 1.87. The Labute approximate surface area is 150 Å². The number of hydrogen-bond acceptors (Lipinski definition) is 3. The number of benzene rings is 2. The van der Waals surface area contributed by atoms with Crippen molar-refractivity contribution in [1.29, 1.82) is 0 Å². The molecule has 0 saturated carbocycles. The molecular formula is C22H25N3. The van der Waals surface area contributed by atoms with Gasteiger partial charge in [-0.1, -0.05) is 42.0 Å². The van der Waals surface area contributed by atoms with Crippen molar-refractivity contribution < 1.29 is 0 Å². The van der Waals surface area contributed by atoms with Gasteiger partial charge in [0, 0.05) is 12.8 Å². The standard InChI is InChI=1S/C22H25N3/c1-14-6-7-16(3)20(10-14)13-22-24-18(5)23-21(25-22)12-19-9-8-15(2)17(4)11-19/h6-11H,12-13H2,1-5H3. The lowest BCUT2D eigenvalue weighted by molar-refractivity contribution is 0.816. The molecule has 0 radical (unpaired) electrons. The lowest BCUT2D eigenvalue weighted by Gasteiger charge is -2.09. The molecule has 0 unspecified atom stereocenters. The maximum absolute atomic E-state index is 4.72. The Morgan fingerprint density at radius 1 is 0.640 bits per heavy atom. The van der Waals surface area contributed by atoms with Crippen molar-refractivity contribution in [2.24, 2.45) is 0 Å². The maximum Gasteiger partial charge on any atom is 0.137 e. The van der Waals surface area contributed by atoms with Gasteiger partial charge >= 0.3 is 0 Å². The minimum Gasteiger partial charge on any atom is -0.218 e. The van der Waals surface area contributed by atoms with Crippen LogP contribution in [0, 0.1) is 34.6 Å². The number of nitrogens with zero attached hydrogens (tertiary/aromatic N) is 3. The van der Waals surface area contributed by atoms with E-state index in [1.807, 2.05) is 6.92 Å². The van der Waals surface area contributed by atoms with Gasteiger partial charge in [0.15, 0.2) is 0 Å². The fourth-order valence-corrected chi connectivity index (χ4v) is 3.01. The van der Waals surface area contributed by atoms with Crippen LogP contribution in [0.25, 0.3) is 0 Å². The van der Waals surface area contributed by atoms with Crippen LogP contribution in [-0.2, 0) is 12.8 Å². The van der Waals surface area contributed by atoms with E-state index < -0.39 is 0 Å². The third-order valence-corrected chi connectivity index (χ3v) is 4.63. The highest BCUT2D eigenvalue weighted by molar-refractivity contribution is 5.33. The summed E-state index contributed by atoms with van der Waals surface area (Å²) in [6.45, 7) is 10.5. The van der Waals surface area contributed by atoms with Crippen molar-refractivity contribution in [1.82, 2.24) is 15.0 Å². The molecule has 0 amide bonds. The first-order chi connectivity index (χ1) is 11.9. The summed E-state index contributed by atoms with van der Waals surface area (Å²) in [5.41, 5.74) is 7.68. The van der Waals surface area contributed by atoms with E-state index in [4.69, 9.17) is 4.98 Å². The van der Waals surface area contributed by atoms with E-state index >= 15 is 0 Å². The summed E-state index contributed by atoms with van der Waals surface area (Å²) in [7, 11) is 0. The molecule has 0 N–H and O–H groups in total. The third kappa shape index (κ3) is 4.30. The molecular weight excluding hydrogens is 306 g/mol. The van der Waals surface area contributed by atoms with Crippen molar-refractivity contribution in [2.45, 2.75) is 47.5 Å². The highest BCUT2D eigenvalue weighted by atomic mass is 15.0. The number of aromatic nitrogens is 3. The third-order valence-electron chi connectivity index (χ3n) is 4.63. The van der Waals surface area contributed by atoms with Crippen LogP contribution < -0.4 is 0 Å². The molecule has 0 bridgehead atoms. The lowest BCUT2D eigenvalue weighted by atomic mass is 10.0. The van der Waals surface area contributed by atoms with Crippen LogP contribution in [0.5, 0.6) is 0 Å². The van der Waals surface area contributed by atoms with Gasteiger partial charge in [-0.05, 0) is 62.4 Å². The smallest absolute Gasteiger partial charge is 0.137 e. The van der Waals surface area contributed by atoms with E-state index in [2.05, 4.69) is 74.1 Å². The topological polar surface area (TPSA) is 38.7 Å². The summed E-state index contributed by atoms with van der Waals surface area (Å²) in [4.78, 5) is 13.8. The van der Waals surface area contributed by atoms with Gasteiger partial charge in [0.25, 0.3) is 0 Å². The molecule has 1 heterocycles. The molecule has 128 valence electrons. The van der Waals surface area contributed by atoms with Gasteiger partial charge in [-0.2, -0.15) is 0 Å². The van der Waals surface area contributed by atoms with Crippen LogP contribution in [-0.4, -0.2) is 15.0 Å². The predicted molar refractivity (Wildman–Crippen MR) is 102 cm³/mol. The van der Waals surface area contributed by atoms with Crippen LogP contribution in [0.1, 0.15) is 50.9 Å². The molecule has 3 rings (SSSR count). The maximum atomic E-state index is 4.72. The van der Waals surface area contributed by atoms with Crippen molar-refractivity contribution in [3.63, 3.8) is 0 Å². The number of aryl methyl sites for hydroxylation is 5. The Kier molecular flexibility index (Phi) is 4.93. The molecule has 3 aromatic rings. The monoisotopic (exact) mass is 331 g/mol. The molecule has 0 fully saturated rings. The number of rotatable bonds is 4. The molecule has 0 aliphatic heterocycles. The second-order valence-electron chi connectivity index (χ2n) is 6.92. The van der Waals surface area contributed by atoms with Gasteiger partial charge in [-0.25, -0.2) is 15.0 Å². The molecule has 3 nitrogen and oxygen atoms in total. The zero-order valence-corrected chi connectivity index (χ0v) is 15.7. The van der Waals surface area contributed by atoms with E-state index in [1.165, 1.54) is 33.4 Å². The predicted octanol–water partition coefficient (Wildman–Crippen LogP) is 4.60. The lowest BCUT2D eigenvalue weighted by Crippen LogP contribution is -2.07. The summed E-state index contributed by atoms with van der Waals surface area (Å²) >= 11 is 0. The molecule has 0 aliphatic carbocycles. The van der Waals surface area contributed by atoms with Gasteiger partial charge in [0.05, 0.1) is 0 Å². The van der Waals surface area contributed by atoms with E-state index in [0.29, 0.717) is 0 Å². The average Bonchev–Trinajstić information content (AvgIpc) is 2.54. The van der Waals surface area contributed by atoms with E-state index in [0.717, 1.165) is 30.3 Å². The average molecular weight is 331 g/mol. The highest BCUT2D eigenvalue weighted by Gasteiger charge is 2.08. The SMILES string of the molecule is Cc1ccc(C)c(Cc2nc(C)nc(Cc3ccc(C)c(C)c3)n2)c1. The normalized spacial score (nSPS) is 10.9.